The van der Waals surface area contributed by atoms with Crippen molar-refractivity contribution in [2.45, 2.75) is 25.6 Å². The molecule has 166 valence electrons. The Morgan fingerprint density at radius 3 is 2.31 bits per heavy atom. The Hall–Kier alpha value is -3.35. The number of hydrogen-bond acceptors (Lipinski definition) is 4. The average molecular weight is 432 g/mol. The number of aryl methyl sites for hydroxylation is 2. The Labute approximate surface area is 187 Å². The van der Waals surface area contributed by atoms with Crippen LogP contribution in [0, 0.1) is 0 Å². The molecular weight excluding hydrogens is 402 g/mol. The summed E-state index contributed by atoms with van der Waals surface area (Å²) in [5.41, 5.74) is 4.67. The van der Waals surface area contributed by atoms with E-state index in [0.29, 0.717) is 5.75 Å². The summed E-state index contributed by atoms with van der Waals surface area (Å²) in [5.74, 6) is 0.706. The molecule has 0 amide bonds. The summed E-state index contributed by atoms with van der Waals surface area (Å²) in [5, 5.41) is 14.1. The first-order valence-electron chi connectivity index (χ1n) is 10.8. The van der Waals surface area contributed by atoms with Crippen molar-refractivity contribution in [2.24, 2.45) is 14.1 Å². The molecule has 32 heavy (non-hydrogen) atoms. The molecule has 3 aromatic carbocycles. The van der Waals surface area contributed by atoms with E-state index in [4.69, 9.17) is 4.74 Å². The number of benzene rings is 3. The van der Waals surface area contributed by atoms with Gasteiger partial charge in [-0.15, -0.1) is 0 Å². The van der Waals surface area contributed by atoms with Crippen LogP contribution >= 0.6 is 0 Å². The summed E-state index contributed by atoms with van der Waals surface area (Å²) in [6.45, 7) is 3.04. The van der Waals surface area contributed by atoms with Crippen LogP contribution in [0.2, 0.25) is 0 Å². The van der Waals surface area contributed by atoms with Crippen LogP contribution in [0.4, 0.5) is 0 Å². The molecule has 6 heteroatoms. The van der Waals surface area contributed by atoms with Crippen molar-refractivity contribution in [1.82, 2.24) is 14.5 Å². The first kappa shape index (κ1) is 21.9. The highest BCUT2D eigenvalue weighted by atomic mass is 16.5. The van der Waals surface area contributed by atoms with Gasteiger partial charge in [-0.05, 0) is 47.9 Å². The van der Waals surface area contributed by atoms with Gasteiger partial charge in [0.1, 0.15) is 18.5 Å². The van der Waals surface area contributed by atoms with Gasteiger partial charge in [-0.1, -0.05) is 48.5 Å². The molecule has 4 aromatic rings. The maximum absolute atomic E-state index is 12.1. The smallest absolute Gasteiger partial charge is 0.328 e. The Bertz CT molecular complexity index is 1240. The largest absolute Gasteiger partial charge is 0.491 e. The van der Waals surface area contributed by atoms with Crippen LogP contribution in [0.3, 0.4) is 0 Å². The van der Waals surface area contributed by atoms with Gasteiger partial charge in [-0.25, -0.2) is 4.79 Å². The maximum atomic E-state index is 12.1. The van der Waals surface area contributed by atoms with Crippen LogP contribution in [0.5, 0.6) is 5.75 Å². The second-order valence-electron chi connectivity index (χ2n) is 8.13. The van der Waals surface area contributed by atoms with Gasteiger partial charge in [0.25, 0.3) is 0 Å². The summed E-state index contributed by atoms with van der Waals surface area (Å²) in [7, 11) is 3.47. The lowest BCUT2D eigenvalue weighted by atomic mass is 10.1. The van der Waals surface area contributed by atoms with Crippen molar-refractivity contribution in [1.29, 1.82) is 0 Å². The molecule has 4 rings (SSSR count). The standard InChI is InChI=1S/C26H29N3O3/c1-18(20-7-5-4-6-8-20)27-16-19-9-12-22(13-10-19)32-17-25(30)21-11-14-23-24(15-21)29(3)26(31)28(23)2/h4-15,18,25,27,30H,16-17H2,1-3H3/t18-,25+/m1/s1. The van der Waals surface area contributed by atoms with Crippen molar-refractivity contribution >= 4 is 11.0 Å². The molecule has 2 atom stereocenters. The molecule has 0 fully saturated rings. The quantitative estimate of drug-likeness (QED) is 0.445. The predicted molar refractivity (Wildman–Crippen MR) is 127 cm³/mol. The third-order valence-corrected chi connectivity index (χ3v) is 5.92. The molecule has 0 bridgehead atoms. The number of aliphatic hydroxyl groups is 1. The molecule has 1 aromatic heterocycles. The SMILES string of the molecule is C[C@@H](NCc1ccc(OC[C@H](O)c2ccc3c(c2)n(C)c(=O)n3C)cc1)c1ccccc1. The van der Waals surface area contributed by atoms with Crippen molar-refractivity contribution in [2.75, 3.05) is 6.61 Å². The van der Waals surface area contributed by atoms with Gasteiger partial charge in [-0.2, -0.15) is 0 Å². The molecule has 0 aliphatic carbocycles. The van der Waals surface area contributed by atoms with Crippen molar-refractivity contribution in [3.8, 4) is 5.75 Å². The highest BCUT2D eigenvalue weighted by molar-refractivity contribution is 5.77. The second-order valence-corrected chi connectivity index (χ2v) is 8.13. The fraction of sp³-hybridized carbons (Fsp3) is 0.269. The molecule has 0 unspecified atom stereocenters. The number of ether oxygens (including phenoxy) is 1. The van der Waals surface area contributed by atoms with Gasteiger partial charge in [0.05, 0.1) is 11.0 Å². The summed E-state index contributed by atoms with van der Waals surface area (Å²) < 4.78 is 8.98. The zero-order valence-electron chi connectivity index (χ0n) is 18.7. The molecule has 0 spiro atoms. The minimum atomic E-state index is -0.789. The van der Waals surface area contributed by atoms with E-state index in [0.717, 1.165) is 28.7 Å². The number of aliphatic hydroxyl groups excluding tert-OH is 1. The average Bonchev–Trinajstić information content (AvgIpc) is 3.05. The third-order valence-electron chi connectivity index (χ3n) is 5.92. The van der Waals surface area contributed by atoms with Gasteiger partial charge in [0.15, 0.2) is 0 Å². The highest BCUT2D eigenvalue weighted by Gasteiger charge is 2.13. The number of nitrogens with zero attached hydrogens (tertiary/aromatic N) is 2. The van der Waals surface area contributed by atoms with Crippen LogP contribution < -0.4 is 15.7 Å². The number of rotatable bonds is 8. The topological polar surface area (TPSA) is 68.4 Å². The van der Waals surface area contributed by atoms with E-state index in [9.17, 15) is 9.90 Å². The van der Waals surface area contributed by atoms with Gasteiger partial charge in [0, 0.05) is 26.7 Å². The van der Waals surface area contributed by atoms with Crippen LogP contribution in [0.15, 0.2) is 77.6 Å². The highest BCUT2D eigenvalue weighted by Crippen LogP contribution is 2.21. The van der Waals surface area contributed by atoms with E-state index in [1.165, 1.54) is 5.56 Å². The van der Waals surface area contributed by atoms with E-state index in [1.54, 1.807) is 23.2 Å². The summed E-state index contributed by atoms with van der Waals surface area (Å²) in [6, 6.07) is 24.0. The van der Waals surface area contributed by atoms with Gasteiger partial charge >= 0.3 is 5.69 Å². The molecular formula is C26H29N3O3. The lowest BCUT2D eigenvalue weighted by Crippen LogP contribution is -2.19. The van der Waals surface area contributed by atoms with Gasteiger partial charge in [0.2, 0.25) is 0 Å². The maximum Gasteiger partial charge on any atom is 0.328 e. The minimum absolute atomic E-state index is 0.0874. The Morgan fingerprint density at radius 2 is 1.59 bits per heavy atom. The number of hydrogen-bond donors (Lipinski definition) is 2. The molecule has 0 radical (unpaired) electrons. The van der Waals surface area contributed by atoms with Gasteiger partial charge < -0.3 is 15.2 Å². The second kappa shape index (κ2) is 9.42. The normalized spacial score (nSPS) is 13.2. The van der Waals surface area contributed by atoms with E-state index in [2.05, 4.69) is 24.4 Å². The summed E-state index contributed by atoms with van der Waals surface area (Å²) in [4.78, 5) is 12.1. The summed E-state index contributed by atoms with van der Waals surface area (Å²) >= 11 is 0. The van der Waals surface area contributed by atoms with Crippen molar-refractivity contribution < 1.29 is 9.84 Å². The number of imidazole rings is 1. The molecule has 0 aliphatic rings. The molecule has 2 N–H and O–H groups in total. The Balaban J connectivity index is 1.33. The first-order chi connectivity index (χ1) is 15.4. The molecule has 0 saturated heterocycles. The lowest BCUT2D eigenvalue weighted by Gasteiger charge is -2.15. The van der Waals surface area contributed by atoms with Crippen LogP contribution in [-0.2, 0) is 20.6 Å². The van der Waals surface area contributed by atoms with Crippen LogP contribution in [0.25, 0.3) is 11.0 Å². The lowest BCUT2D eigenvalue weighted by molar-refractivity contribution is 0.108. The predicted octanol–water partition coefficient (Wildman–Crippen LogP) is 3.84. The van der Waals surface area contributed by atoms with Crippen LogP contribution in [-0.4, -0.2) is 20.8 Å². The van der Waals surface area contributed by atoms with Crippen molar-refractivity contribution in [3.05, 3.63) is 100.0 Å². The monoisotopic (exact) mass is 431 g/mol. The zero-order chi connectivity index (χ0) is 22.7. The number of fused-ring (bicyclic) bond motifs is 1. The third kappa shape index (κ3) is 4.61. The van der Waals surface area contributed by atoms with Crippen molar-refractivity contribution in [3.63, 3.8) is 0 Å². The van der Waals surface area contributed by atoms with E-state index < -0.39 is 6.10 Å². The molecule has 1 heterocycles. The fourth-order valence-electron chi connectivity index (χ4n) is 3.84. The Kier molecular flexibility index (Phi) is 6.44. The molecule has 0 saturated carbocycles. The zero-order valence-corrected chi connectivity index (χ0v) is 18.7. The van der Waals surface area contributed by atoms with E-state index in [1.807, 2.05) is 60.7 Å². The minimum Gasteiger partial charge on any atom is -0.491 e. The summed E-state index contributed by atoms with van der Waals surface area (Å²) in [6.07, 6.45) is -0.789. The first-order valence-corrected chi connectivity index (χ1v) is 10.8. The number of aromatic nitrogens is 2. The Morgan fingerprint density at radius 1 is 0.906 bits per heavy atom. The van der Waals surface area contributed by atoms with Gasteiger partial charge in [-0.3, -0.25) is 9.13 Å². The van der Waals surface area contributed by atoms with E-state index >= 15 is 0 Å². The fourth-order valence-corrected chi connectivity index (χ4v) is 3.84. The van der Waals surface area contributed by atoms with E-state index in [-0.39, 0.29) is 18.3 Å². The molecule has 6 nitrogen and oxygen atoms in total. The van der Waals surface area contributed by atoms with Crippen LogP contribution in [0.1, 0.15) is 35.8 Å². The molecule has 0 aliphatic heterocycles. The number of nitrogens with one attached hydrogen (secondary N) is 1.